The van der Waals surface area contributed by atoms with Crippen molar-refractivity contribution in [1.29, 1.82) is 0 Å². The molecule has 1 rings (SSSR count). The Morgan fingerprint density at radius 2 is 2.13 bits per heavy atom. The highest BCUT2D eigenvalue weighted by molar-refractivity contribution is 8.03. The van der Waals surface area contributed by atoms with Crippen LogP contribution in [0.25, 0.3) is 0 Å². The monoisotopic (exact) mass is 229 g/mol. The number of carboxylic acid groups (broad SMARTS) is 1. The number of hydrogen-bond acceptors (Lipinski definition) is 3. The fourth-order valence-corrected chi connectivity index (χ4v) is 2.27. The van der Waals surface area contributed by atoms with Crippen LogP contribution in [0.3, 0.4) is 0 Å². The summed E-state index contributed by atoms with van der Waals surface area (Å²) in [6, 6.07) is -0.795. The number of amides is 1. The minimum Gasteiger partial charge on any atom is -0.480 e. The number of carbonyl (C=O) groups is 2. The molecule has 0 bridgehead atoms. The molecule has 0 unspecified atom stereocenters. The zero-order chi connectivity index (χ0) is 11.6. The van der Waals surface area contributed by atoms with E-state index >= 15 is 0 Å². The summed E-state index contributed by atoms with van der Waals surface area (Å²) >= 11 is 1.45. The maximum Gasteiger partial charge on any atom is 0.326 e. The quantitative estimate of drug-likeness (QED) is 0.797. The zero-order valence-electron chi connectivity index (χ0n) is 9.01. The van der Waals surface area contributed by atoms with Gasteiger partial charge < -0.3 is 10.0 Å². The van der Waals surface area contributed by atoms with Gasteiger partial charge in [0.2, 0.25) is 5.91 Å². The lowest BCUT2D eigenvalue weighted by Crippen LogP contribution is -2.46. The summed E-state index contributed by atoms with van der Waals surface area (Å²) in [5, 5.41) is 10.5. The predicted octanol–water partition coefficient (Wildman–Crippen LogP) is 1.53. The van der Waals surface area contributed by atoms with Crippen molar-refractivity contribution in [2.45, 2.75) is 32.1 Å². The van der Waals surface area contributed by atoms with E-state index in [1.807, 2.05) is 13.8 Å². The fourth-order valence-electron chi connectivity index (χ4n) is 1.35. The fraction of sp³-hybridized carbons (Fsp3) is 0.600. The molecule has 0 saturated heterocycles. The lowest BCUT2D eigenvalue weighted by atomic mass is 10.1. The Bertz CT molecular complexity index is 301. The van der Waals surface area contributed by atoms with E-state index in [1.54, 1.807) is 11.6 Å². The predicted molar refractivity (Wildman–Crippen MR) is 59.3 cm³/mol. The van der Waals surface area contributed by atoms with Crippen LogP contribution in [0.1, 0.15) is 20.8 Å². The van der Waals surface area contributed by atoms with Crippen LogP contribution in [-0.4, -0.2) is 33.2 Å². The highest BCUT2D eigenvalue weighted by atomic mass is 32.2. The topological polar surface area (TPSA) is 57.6 Å². The largest absolute Gasteiger partial charge is 0.480 e. The summed E-state index contributed by atoms with van der Waals surface area (Å²) < 4.78 is 0. The van der Waals surface area contributed by atoms with Gasteiger partial charge in [-0.25, -0.2) is 4.79 Å². The first-order valence-corrected chi connectivity index (χ1v) is 5.76. The van der Waals surface area contributed by atoms with Crippen molar-refractivity contribution in [2.75, 3.05) is 0 Å². The maximum absolute atomic E-state index is 11.9. The van der Waals surface area contributed by atoms with Crippen LogP contribution in [0.4, 0.5) is 0 Å². The van der Waals surface area contributed by atoms with Crippen molar-refractivity contribution < 1.29 is 14.7 Å². The van der Waals surface area contributed by atoms with Crippen LogP contribution >= 0.6 is 11.8 Å². The summed E-state index contributed by atoms with van der Waals surface area (Å²) in [7, 11) is 0. The van der Waals surface area contributed by atoms with E-state index in [2.05, 4.69) is 0 Å². The number of carbonyl (C=O) groups excluding carboxylic acids is 1. The smallest absolute Gasteiger partial charge is 0.326 e. The van der Waals surface area contributed by atoms with Crippen molar-refractivity contribution in [3.63, 3.8) is 0 Å². The van der Waals surface area contributed by atoms with Crippen molar-refractivity contribution in [2.24, 2.45) is 5.92 Å². The molecular formula is C10H15NO3S. The lowest BCUT2D eigenvalue weighted by Gasteiger charge is -2.31. The van der Waals surface area contributed by atoms with Gasteiger partial charge >= 0.3 is 5.97 Å². The van der Waals surface area contributed by atoms with Gasteiger partial charge in [-0.1, -0.05) is 13.8 Å². The molecule has 0 aromatic rings. The molecule has 0 fully saturated rings. The van der Waals surface area contributed by atoms with Gasteiger partial charge in [0.15, 0.2) is 0 Å². The van der Waals surface area contributed by atoms with Gasteiger partial charge in [0.1, 0.15) is 6.04 Å². The third kappa shape index (κ3) is 2.53. The average molecular weight is 229 g/mol. The van der Waals surface area contributed by atoms with Crippen LogP contribution < -0.4 is 0 Å². The molecule has 0 radical (unpaired) electrons. The van der Waals surface area contributed by atoms with Gasteiger partial charge in [0.05, 0.1) is 5.25 Å². The summed E-state index contributed by atoms with van der Waals surface area (Å²) in [6.45, 7) is 5.43. The van der Waals surface area contributed by atoms with Crippen LogP contribution in [0.15, 0.2) is 11.6 Å². The molecule has 0 aromatic heterocycles. The molecule has 0 aliphatic carbocycles. The molecule has 0 saturated carbocycles. The minimum atomic E-state index is -0.984. The average Bonchev–Trinajstić information content (AvgIpc) is 2.16. The number of nitrogens with zero attached hydrogens (tertiary/aromatic N) is 1. The maximum atomic E-state index is 11.9. The molecule has 1 N–H and O–H groups in total. The highest BCUT2D eigenvalue weighted by Crippen LogP contribution is 2.28. The van der Waals surface area contributed by atoms with Gasteiger partial charge in [-0.05, 0) is 18.2 Å². The van der Waals surface area contributed by atoms with E-state index in [4.69, 9.17) is 5.11 Å². The second kappa shape index (κ2) is 4.70. The van der Waals surface area contributed by atoms with E-state index in [1.165, 1.54) is 23.6 Å². The molecule has 4 nitrogen and oxygen atoms in total. The summed E-state index contributed by atoms with van der Waals surface area (Å²) in [5.41, 5.74) is 0. The first-order chi connectivity index (χ1) is 6.95. The third-order valence-corrected chi connectivity index (χ3v) is 3.64. The number of rotatable bonds is 3. The van der Waals surface area contributed by atoms with Crippen molar-refractivity contribution in [3.05, 3.63) is 11.6 Å². The normalized spacial score (nSPS) is 23.3. The first kappa shape index (κ1) is 12.1. The van der Waals surface area contributed by atoms with Crippen LogP contribution in [0, 0.1) is 5.92 Å². The van der Waals surface area contributed by atoms with Crippen LogP contribution in [-0.2, 0) is 9.59 Å². The number of aliphatic carboxylic acids is 1. The Hall–Kier alpha value is -0.970. The van der Waals surface area contributed by atoms with E-state index in [-0.39, 0.29) is 17.1 Å². The zero-order valence-corrected chi connectivity index (χ0v) is 9.82. The van der Waals surface area contributed by atoms with E-state index in [9.17, 15) is 9.59 Å². The number of hydrogen-bond donors (Lipinski definition) is 1. The van der Waals surface area contributed by atoms with E-state index < -0.39 is 12.0 Å². The molecule has 0 spiro atoms. The Morgan fingerprint density at radius 3 is 2.60 bits per heavy atom. The van der Waals surface area contributed by atoms with Crippen LogP contribution in [0.2, 0.25) is 0 Å². The molecule has 15 heavy (non-hydrogen) atoms. The first-order valence-electron chi connectivity index (χ1n) is 4.82. The van der Waals surface area contributed by atoms with Crippen molar-refractivity contribution in [1.82, 2.24) is 4.90 Å². The Morgan fingerprint density at radius 1 is 1.53 bits per heavy atom. The molecule has 1 aliphatic heterocycles. The molecule has 84 valence electrons. The number of thioether (sulfide) groups is 1. The Kier molecular flexibility index (Phi) is 3.79. The standard InChI is InChI=1S/C10H15NO3S/c1-6(2)8-9(12)11(4-5-15-8)7(3)10(13)14/h4-8H,1-3H3,(H,13,14)/t7-,8-/m0/s1. The summed E-state index contributed by atoms with van der Waals surface area (Å²) in [4.78, 5) is 24.0. The molecule has 5 heteroatoms. The second-order valence-electron chi connectivity index (χ2n) is 3.85. The van der Waals surface area contributed by atoms with Gasteiger partial charge in [-0.15, -0.1) is 11.8 Å². The second-order valence-corrected chi connectivity index (χ2v) is 4.90. The van der Waals surface area contributed by atoms with Gasteiger partial charge in [-0.2, -0.15) is 0 Å². The minimum absolute atomic E-state index is 0.118. The summed E-state index contributed by atoms with van der Waals surface area (Å²) in [5.74, 6) is -0.897. The van der Waals surface area contributed by atoms with E-state index in [0.717, 1.165) is 0 Å². The van der Waals surface area contributed by atoms with Crippen LogP contribution in [0.5, 0.6) is 0 Å². The third-order valence-electron chi connectivity index (χ3n) is 2.32. The van der Waals surface area contributed by atoms with Crippen molar-refractivity contribution in [3.8, 4) is 0 Å². The molecule has 1 aliphatic rings. The SMILES string of the molecule is CC(C)[C@@H]1SC=CN([C@@H](C)C(=O)O)C1=O. The summed E-state index contributed by atoms with van der Waals surface area (Å²) in [6.07, 6.45) is 1.55. The number of carboxylic acids is 1. The van der Waals surface area contributed by atoms with Crippen molar-refractivity contribution >= 4 is 23.6 Å². The molecular weight excluding hydrogens is 214 g/mol. The highest BCUT2D eigenvalue weighted by Gasteiger charge is 2.33. The van der Waals surface area contributed by atoms with Gasteiger partial charge in [0.25, 0.3) is 0 Å². The molecule has 0 aromatic carbocycles. The molecule has 2 atom stereocenters. The lowest BCUT2D eigenvalue weighted by molar-refractivity contribution is -0.147. The Balaban J connectivity index is 2.84. The van der Waals surface area contributed by atoms with E-state index in [0.29, 0.717) is 0 Å². The van der Waals surface area contributed by atoms with Gasteiger partial charge in [-0.3, -0.25) is 4.79 Å². The van der Waals surface area contributed by atoms with Gasteiger partial charge in [0, 0.05) is 6.20 Å². The Labute approximate surface area is 93.3 Å². The molecule has 1 heterocycles. The molecule has 1 amide bonds.